The summed E-state index contributed by atoms with van der Waals surface area (Å²) in [6.07, 6.45) is 2.80. The van der Waals surface area contributed by atoms with E-state index in [9.17, 15) is 4.79 Å². The zero-order chi connectivity index (χ0) is 19.4. The number of hydrogen-bond acceptors (Lipinski definition) is 5. The van der Waals surface area contributed by atoms with Crippen molar-refractivity contribution in [3.63, 3.8) is 0 Å². The van der Waals surface area contributed by atoms with E-state index in [0.717, 1.165) is 68.4 Å². The summed E-state index contributed by atoms with van der Waals surface area (Å²) >= 11 is 0. The first-order valence-corrected chi connectivity index (χ1v) is 9.81. The Bertz CT molecular complexity index is 780. The fourth-order valence-corrected chi connectivity index (χ4v) is 3.59. The van der Waals surface area contributed by atoms with E-state index in [-0.39, 0.29) is 5.91 Å². The lowest BCUT2D eigenvalue weighted by Gasteiger charge is -2.32. The van der Waals surface area contributed by atoms with Crippen LogP contribution < -0.4 is 4.90 Å². The fraction of sp³-hybridized carbons (Fsp3) is 0.600. The molecule has 1 fully saturated rings. The van der Waals surface area contributed by atoms with Crippen LogP contribution in [0.1, 0.15) is 29.9 Å². The van der Waals surface area contributed by atoms with Gasteiger partial charge in [-0.25, -0.2) is 4.98 Å². The van der Waals surface area contributed by atoms with Gasteiger partial charge in [-0.2, -0.15) is 0 Å². The van der Waals surface area contributed by atoms with Crippen molar-refractivity contribution in [2.24, 2.45) is 0 Å². The number of ether oxygens (including phenoxy) is 1. The third-order valence-electron chi connectivity index (χ3n) is 5.28. The Morgan fingerprint density at radius 2 is 1.96 bits per heavy atom. The second kappa shape index (κ2) is 8.71. The van der Waals surface area contributed by atoms with Crippen molar-refractivity contribution in [1.82, 2.24) is 19.2 Å². The minimum atomic E-state index is 0.0997. The summed E-state index contributed by atoms with van der Waals surface area (Å²) in [6.45, 7) is 9.96. The van der Waals surface area contributed by atoms with Gasteiger partial charge in [-0.15, -0.1) is 0 Å². The number of anilines is 1. The number of hydrogen-bond donors (Lipinski definition) is 0. The molecule has 27 heavy (non-hydrogen) atoms. The summed E-state index contributed by atoms with van der Waals surface area (Å²) in [5.74, 6) is 1.17. The van der Waals surface area contributed by atoms with Crippen molar-refractivity contribution in [3.05, 3.63) is 29.6 Å². The third-order valence-corrected chi connectivity index (χ3v) is 5.28. The van der Waals surface area contributed by atoms with Crippen LogP contribution in [0.15, 0.2) is 18.3 Å². The number of imidazole rings is 1. The van der Waals surface area contributed by atoms with E-state index in [2.05, 4.69) is 35.1 Å². The van der Waals surface area contributed by atoms with Crippen LogP contribution in [0.5, 0.6) is 0 Å². The van der Waals surface area contributed by atoms with Gasteiger partial charge >= 0.3 is 0 Å². The topological polar surface area (TPSA) is 53.3 Å². The number of nitrogens with zero attached hydrogens (tertiary/aromatic N) is 5. The van der Waals surface area contributed by atoms with Crippen LogP contribution in [0.4, 0.5) is 5.82 Å². The van der Waals surface area contributed by atoms with Crippen LogP contribution in [-0.2, 0) is 11.2 Å². The van der Waals surface area contributed by atoms with E-state index in [4.69, 9.17) is 9.72 Å². The predicted molar refractivity (Wildman–Crippen MR) is 108 cm³/mol. The molecule has 1 amide bonds. The van der Waals surface area contributed by atoms with Crippen LogP contribution in [0, 0.1) is 0 Å². The van der Waals surface area contributed by atoms with E-state index >= 15 is 0 Å². The van der Waals surface area contributed by atoms with Gasteiger partial charge in [0, 0.05) is 52.6 Å². The number of rotatable bonds is 7. The van der Waals surface area contributed by atoms with E-state index in [1.807, 2.05) is 23.2 Å². The second-order valence-electron chi connectivity index (χ2n) is 7.05. The summed E-state index contributed by atoms with van der Waals surface area (Å²) < 4.78 is 7.34. The average molecular weight is 374 g/mol. The lowest BCUT2D eigenvalue weighted by molar-refractivity contribution is 0.0663. The van der Waals surface area contributed by atoms with Crippen LogP contribution >= 0.6 is 0 Å². The monoisotopic (exact) mass is 373 g/mol. The van der Waals surface area contributed by atoms with Crippen molar-refractivity contribution in [2.45, 2.75) is 20.3 Å². The second-order valence-corrected chi connectivity index (χ2v) is 7.05. The standard InChI is InChI=1S/C20H31N5O2/c1-5-17-19(23(6-2)13-14-27-4)25-15-16(7-8-18(25)21-17)20(26)24-11-9-22(3)10-12-24/h7-8,15H,5-6,9-14H2,1-4H3. The van der Waals surface area contributed by atoms with Crippen molar-refractivity contribution in [3.8, 4) is 0 Å². The molecule has 2 aromatic rings. The molecule has 0 radical (unpaired) electrons. The maximum atomic E-state index is 13.0. The molecule has 0 aliphatic carbocycles. The van der Waals surface area contributed by atoms with Crippen molar-refractivity contribution >= 4 is 17.4 Å². The molecule has 1 saturated heterocycles. The third kappa shape index (κ3) is 4.09. The molecule has 0 N–H and O–H groups in total. The lowest BCUT2D eigenvalue weighted by Crippen LogP contribution is -2.47. The summed E-state index contributed by atoms with van der Waals surface area (Å²) in [7, 11) is 3.81. The molecular formula is C20H31N5O2. The molecule has 7 nitrogen and oxygen atoms in total. The van der Waals surface area contributed by atoms with Gasteiger partial charge in [0.2, 0.25) is 0 Å². The number of carbonyl (C=O) groups excluding carboxylic acids is 1. The predicted octanol–water partition coefficient (Wildman–Crippen LogP) is 1.76. The maximum absolute atomic E-state index is 13.0. The number of aromatic nitrogens is 2. The molecule has 2 aromatic heterocycles. The highest BCUT2D eigenvalue weighted by molar-refractivity contribution is 5.94. The highest BCUT2D eigenvalue weighted by Crippen LogP contribution is 2.24. The minimum Gasteiger partial charge on any atom is -0.383 e. The number of piperazine rings is 1. The molecule has 7 heteroatoms. The molecule has 0 spiro atoms. The SMILES string of the molecule is CCc1nc2ccc(C(=O)N3CCN(C)CC3)cn2c1N(CC)CCOC. The number of methoxy groups -OCH3 is 1. The Morgan fingerprint density at radius 3 is 2.59 bits per heavy atom. The van der Waals surface area contributed by atoms with Gasteiger partial charge in [0.15, 0.2) is 0 Å². The summed E-state index contributed by atoms with van der Waals surface area (Å²) in [5, 5.41) is 0. The highest BCUT2D eigenvalue weighted by Gasteiger charge is 2.22. The highest BCUT2D eigenvalue weighted by atomic mass is 16.5. The Labute approximate surface area is 161 Å². The lowest BCUT2D eigenvalue weighted by atomic mass is 10.2. The molecule has 0 atom stereocenters. The smallest absolute Gasteiger partial charge is 0.255 e. The average Bonchev–Trinajstić information content (AvgIpc) is 3.06. The number of amides is 1. The maximum Gasteiger partial charge on any atom is 0.255 e. The number of pyridine rings is 1. The molecule has 3 rings (SSSR count). The van der Waals surface area contributed by atoms with Crippen LogP contribution in [0.25, 0.3) is 5.65 Å². The molecule has 148 valence electrons. The number of fused-ring (bicyclic) bond motifs is 1. The Balaban J connectivity index is 1.95. The molecule has 0 saturated carbocycles. The number of aryl methyl sites for hydroxylation is 1. The zero-order valence-corrected chi connectivity index (χ0v) is 16.9. The van der Waals surface area contributed by atoms with E-state index in [1.54, 1.807) is 7.11 Å². The normalized spacial score (nSPS) is 15.5. The molecule has 0 aromatic carbocycles. The van der Waals surface area contributed by atoms with Crippen molar-refractivity contribution < 1.29 is 9.53 Å². The molecule has 3 heterocycles. The largest absolute Gasteiger partial charge is 0.383 e. The van der Waals surface area contributed by atoms with Gasteiger partial charge < -0.3 is 19.4 Å². The number of likely N-dealkylation sites (N-methyl/N-ethyl adjacent to an activating group) is 2. The van der Waals surface area contributed by atoms with Gasteiger partial charge in [0.1, 0.15) is 11.5 Å². The quantitative estimate of drug-likeness (QED) is 0.740. The molecule has 0 unspecified atom stereocenters. The summed E-state index contributed by atoms with van der Waals surface area (Å²) in [5.41, 5.74) is 2.65. The zero-order valence-electron chi connectivity index (χ0n) is 16.9. The van der Waals surface area contributed by atoms with E-state index in [1.165, 1.54) is 0 Å². The van der Waals surface area contributed by atoms with Crippen LogP contribution in [-0.4, -0.2) is 85.1 Å². The molecule has 1 aliphatic heterocycles. The van der Waals surface area contributed by atoms with E-state index < -0.39 is 0 Å². The summed E-state index contributed by atoms with van der Waals surface area (Å²) in [4.78, 5) is 24.2. The molecule has 0 bridgehead atoms. The fourth-order valence-electron chi connectivity index (χ4n) is 3.59. The van der Waals surface area contributed by atoms with Gasteiger partial charge in [0.05, 0.1) is 17.9 Å². The Morgan fingerprint density at radius 1 is 1.22 bits per heavy atom. The first-order chi connectivity index (χ1) is 13.1. The van der Waals surface area contributed by atoms with Crippen LogP contribution in [0.2, 0.25) is 0 Å². The van der Waals surface area contributed by atoms with Gasteiger partial charge in [-0.1, -0.05) is 6.92 Å². The molecular weight excluding hydrogens is 342 g/mol. The van der Waals surface area contributed by atoms with Crippen molar-refractivity contribution in [1.29, 1.82) is 0 Å². The molecule has 1 aliphatic rings. The van der Waals surface area contributed by atoms with Gasteiger partial charge in [-0.05, 0) is 32.5 Å². The Hall–Kier alpha value is -2.12. The Kier molecular flexibility index (Phi) is 6.34. The van der Waals surface area contributed by atoms with E-state index in [0.29, 0.717) is 6.61 Å². The van der Waals surface area contributed by atoms with Gasteiger partial charge in [0.25, 0.3) is 5.91 Å². The van der Waals surface area contributed by atoms with Crippen LogP contribution in [0.3, 0.4) is 0 Å². The first kappa shape index (κ1) is 19.6. The minimum absolute atomic E-state index is 0.0997. The van der Waals surface area contributed by atoms with Gasteiger partial charge in [-0.3, -0.25) is 9.20 Å². The van der Waals surface area contributed by atoms with Crippen molar-refractivity contribution in [2.75, 3.05) is 64.9 Å². The summed E-state index contributed by atoms with van der Waals surface area (Å²) in [6, 6.07) is 3.85. The first-order valence-electron chi connectivity index (χ1n) is 9.81. The number of carbonyl (C=O) groups is 1.